The van der Waals surface area contributed by atoms with Gasteiger partial charge in [-0.15, -0.1) is 0 Å². The van der Waals surface area contributed by atoms with E-state index in [0.717, 1.165) is 31.5 Å². The molecule has 0 aromatic heterocycles. The summed E-state index contributed by atoms with van der Waals surface area (Å²) in [7, 11) is 0. The molecule has 0 aliphatic carbocycles. The van der Waals surface area contributed by atoms with E-state index in [2.05, 4.69) is 10.7 Å². The lowest BCUT2D eigenvalue weighted by atomic mass is 10.1. The third-order valence-corrected chi connectivity index (χ3v) is 5.36. The molecule has 0 radical (unpaired) electrons. The molecule has 0 unspecified atom stereocenters. The van der Waals surface area contributed by atoms with Crippen LogP contribution in [0.3, 0.4) is 0 Å². The van der Waals surface area contributed by atoms with Crippen molar-refractivity contribution in [2.75, 3.05) is 18.4 Å². The first-order chi connectivity index (χ1) is 15.2. The number of aryl methyl sites for hydroxylation is 1. The zero-order chi connectivity index (χ0) is 23.3. The van der Waals surface area contributed by atoms with Gasteiger partial charge < -0.3 is 19.9 Å². The van der Waals surface area contributed by atoms with Crippen LogP contribution in [0.4, 0.5) is 10.1 Å². The van der Waals surface area contributed by atoms with E-state index >= 15 is 0 Å². The van der Waals surface area contributed by atoms with Crippen LogP contribution in [0, 0.1) is 12.7 Å². The second kappa shape index (κ2) is 10.1. The number of aliphatic carboxylic acids is 1. The quantitative estimate of drug-likeness (QED) is 0.528. The molecule has 1 aliphatic heterocycles. The topological polar surface area (TPSA) is 83.1 Å². The number of benzene rings is 2. The van der Waals surface area contributed by atoms with Gasteiger partial charge in [-0.25, -0.2) is 14.6 Å². The summed E-state index contributed by atoms with van der Waals surface area (Å²) in [4.78, 5) is 11.4. The van der Waals surface area contributed by atoms with Gasteiger partial charge in [-0.2, -0.15) is 0 Å². The van der Waals surface area contributed by atoms with Gasteiger partial charge in [-0.05, 0) is 69.6 Å². The molecule has 2 aromatic rings. The molecule has 0 bridgehead atoms. The van der Waals surface area contributed by atoms with Crippen LogP contribution >= 0.6 is 12.2 Å². The van der Waals surface area contributed by atoms with Gasteiger partial charge in [-0.3, -0.25) is 5.01 Å². The molecule has 9 heteroatoms. The second-order valence-corrected chi connectivity index (χ2v) is 8.54. The van der Waals surface area contributed by atoms with Crippen LogP contribution in [0.15, 0.2) is 36.4 Å². The summed E-state index contributed by atoms with van der Waals surface area (Å²) >= 11 is 5.35. The predicted octanol–water partition coefficient (Wildman–Crippen LogP) is 4.25. The Bertz CT molecular complexity index is 993. The summed E-state index contributed by atoms with van der Waals surface area (Å²) in [5, 5.41) is 14.5. The molecule has 0 spiro atoms. The van der Waals surface area contributed by atoms with E-state index < -0.39 is 17.4 Å². The Labute approximate surface area is 192 Å². The molecule has 1 saturated heterocycles. The summed E-state index contributed by atoms with van der Waals surface area (Å²) in [6, 6.07) is 9.94. The van der Waals surface area contributed by atoms with Gasteiger partial charge in [0, 0.05) is 24.7 Å². The Morgan fingerprint density at radius 2 is 2.06 bits per heavy atom. The van der Waals surface area contributed by atoms with E-state index in [1.807, 2.05) is 13.0 Å². The molecule has 0 amide bonds. The first kappa shape index (κ1) is 23.7. The number of carboxylic acids is 1. The van der Waals surface area contributed by atoms with Crippen LogP contribution in [0.5, 0.6) is 11.5 Å². The first-order valence-electron chi connectivity index (χ1n) is 10.4. The number of hydrogen-bond donors (Lipinski definition) is 3. The second-order valence-electron chi connectivity index (χ2n) is 8.16. The zero-order valence-electron chi connectivity index (χ0n) is 18.4. The maximum atomic E-state index is 14.6. The molecular weight excluding hydrogens is 433 g/mol. The molecule has 2 aromatic carbocycles. The highest BCUT2D eigenvalue weighted by Crippen LogP contribution is 2.28. The smallest absolute Gasteiger partial charge is 0.347 e. The van der Waals surface area contributed by atoms with Crippen LogP contribution < -0.4 is 20.2 Å². The number of nitrogens with zero attached hydrogens (tertiary/aromatic N) is 1. The molecule has 7 nitrogen and oxygen atoms in total. The van der Waals surface area contributed by atoms with Crippen molar-refractivity contribution in [3.63, 3.8) is 0 Å². The fourth-order valence-corrected chi connectivity index (χ4v) is 3.35. The summed E-state index contributed by atoms with van der Waals surface area (Å²) < 4.78 is 26.1. The number of nitrogens with one attached hydrogen (secondary N) is 2. The largest absolute Gasteiger partial charge is 0.489 e. The minimum absolute atomic E-state index is 0.0909. The van der Waals surface area contributed by atoms with Crippen molar-refractivity contribution in [1.82, 2.24) is 10.4 Å². The fourth-order valence-electron chi connectivity index (χ4n) is 3.09. The zero-order valence-corrected chi connectivity index (χ0v) is 19.2. The predicted molar refractivity (Wildman–Crippen MR) is 124 cm³/mol. The van der Waals surface area contributed by atoms with Crippen LogP contribution in [-0.4, -0.2) is 39.9 Å². The van der Waals surface area contributed by atoms with Gasteiger partial charge in [0.2, 0.25) is 0 Å². The number of anilines is 1. The molecule has 0 atom stereocenters. The van der Waals surface area contributed by atoms with Gasteiger partial charge in [0.25, 0.3) is 0 Å². The molecule has 172 valence electrons. The van der Waals surface area contributed by atoms with E-state index in [1.54, 1.807) is 29.3 Å². The minimum atomic E-state index is -1.40. The Morgan fingerprint density at radius 3 is 2.72 bits per heavy atom. The van der Waals surface area contributed by atoms with Gasteiger partial charge in [0.1, 0.15) is 23.9 Å². The number of hydrazine groups is 1. The monoisotopic (exact) mass is 461 g/mol. The van der Waals surface area contributed by atoms with Crippen molar-refractivity contribution in [2.45, 2.75) is 45.8 Å². The van der Waals surface area contributed by atoms with Gasteiger partial charge >= 0.3 is 5.97 Å². The van der Waals surface area contributed by atoms with E-state index in [4.69, 9.17) is 21.7 Å². The summed E-state index contributed by atoms with van der Waals surface area (Å²) in [5.74, 6) is -0.822. The molecule has 1 fully saturated rings. The number of halogens is 1. The van der Waals surface area contributed by atoms with Crippen molar-refractivity contribution in [1.29, 1.82) is 0 Å². The van der Waals surface area contributed by atoms with Crippen molar-refractivity contribution in [2.24, 2.45) is 0 Å². The average Bonchev–Trinajstić information content (AvgIpc) is 2.75. The maximum absolute atomic E-state index is 14.6. The normalized spacial score (nSPS) is 14.1. The Morgan fingerprint density at radius 1 is 1.28 bits per heavy atom. The van der Waals surface area contributed by atoms with Crippen molar-refractivity contribution < 1.29 is 23.8 Å². The summed E-state index contributed by atoms with van der Waals surface area (Å²) in [6.07, 6.45) is 2.11. The van der Waals surface area contributed by atoms with Crippen molar-refractivity contribution >= 4 is 29.0 Å². The highest BCUT2D eigenvalue weighted by molar-refractivity contribution is 7.80. The number of rotatable bonds is 7. The fraction of sp³-hybridized carbons (Fsp3) is 0.391. The first-order valence-corrected chi connectivity index (χ1v) is 10.8. The lowest BCUT2D eigenvalue weighted by Gasteiger charge is -2.30. The summed E-state index contributed by atoms with van der Waals surface area (Å²) in [6.45, 7) is 6.55. The SMILES string of the molecule is Cc1ccc(COc2ccc(NC(=S)N3CCCCN3)c(F)c2)c(OC(C)(C)C(=O)O)c1. The van der Waals surface area contributed by atoms with Crippen molar-refractivity contribution in [3.8, 4) is 11.5 Å². The Hall–Kier alpha value is -2.91. The molecule has 32 heavy (non-hydrogen) atoms. The molecule has 0 saturated carbocycles. The lowest BCUT2D eigenvalue weighted by Crippen LogP contribution is -2.48. The summed E-state index contributed by atoms with van der Waals surface area (Å²) in [5.41, 5.74) is 3.62. The lowest BCUT2D eigenvalue weighted by molar-refractivity contribution is -0.152. The maximum Gasteiger partial charge on any atom is 0.347 e. The van der Waals surface area contributed by atoms with E-state index in [-0.39, 0.29) is 12.3 Å². The standard InChI is InChI=1S/C23H28FN3O4S/c1-15-6-7-16(20(12-15)31-23(2,3)21(28)29)14-30-17-8-9-19(18(24)13-17)26-22(32)27-11-5-4-10-25-27/h6-9,12-13,25H,4-5,10-11,14H2,1-3H3,(H,26,32)(H,28,29). The third kappa shape index (κ3) is 6.08. The van der Waals surface area contributed by atoms with Gasteiger partial charge in [0.15, 0.2) is 10.7 Å². The molecular formula is C23H28FN3O4S. The molecule has 3 rings (SSSR count). The molecule has 1 heterocycles. The van der Waals surface area contributed by atoms with E-state index in [1.165, 1.54) is 19.9 Å². The van der Waals surface area contributed by atoms with E-state index in [9.17, 15) is 14.3 Å². The number of thiocarbonyl (C=S) groups is 1. The van der Waals surface area contributed by atoms with Crippen LogP contribution in [0.2, 0.25) is 0 Å². The number of carbonyl (C=O) groups is 1. The van der Waals surface area contributed by atoms with Crippen LogP contribution in [-0.2, 0) is 11.4 Å². The highest BCUT2D eigenvalue weighted by atomic mass is 32.1. The van der Waals surface area contributed by atoms with Crippen LogP contribution in [0.25, 0.3) is 0 Å². The Kier molecular flexibility index (Phi) is 7.52. The van der Waals surface area contributed by atoms with Crippen molar-refractivity contribution in [3.05, 3.63) is 53.3 Å². The average molecular weight is 462 g/mol. The third-order valence-electron chi connectivity index (χ3n) is 5.04. The number of ether oxygens (including phenoxy) is 2. The Balaban J connectivity index is 1.66. The molecule has 3 N–H and O–H groups in total. The van der Waals surface area contributed by atoms with Gasteiger partial charge in [-0.1, -0.05) is 12.1 Å². The van der Waals surface area contributed by atoms with E-state index in [0.29, 0.717) is 22.2 Å². The minimum Gasteiger partial charge on any atom is -0.489 e. The molecule has 1 aliphatic rings. The number of hydrogen-bond acceptors (Lipinski definition) is 5. The highest BCUT2D eigenvalue weighted by Gasteiger charge is 2.30. The van der Waals surface area contributed by atoms with Crippen LogP contribution in [0.1, 0.15) is 37.8 Å². The number of carboxylic acid groups (broad SMARTS) is 1. The van der Waals surface area contributed by atoms with Gasteiger partial charge in [0.05, 0.1) is 5.69 Å².